The quantitative estimate of drug-likeness (QED) is 0.918. The van der Waals surface area contributed by atoms with E-state index in [0.29, 0.717) is 49.4 Å². The van der Waals surface area contributed by atoms with Crippen LogP contribution in [-0.4, -0.2) is 47.8 Å². The van der Waals surface area contributed by atoms with Gasteiger partial charge in [-0.25, -0.2) is 4.39 Å². The van der Waals surface area contributed by atoms with Gasteiger partial charge < -0.3 is 15.5 Å². The summed E-state index contributed by atoms with van der Waals surface area (Å²) in [6.45, 7) is 3.87. The molecule has 1 saturated heterocycles. The maximum Gasteiger partial charge on any atom is 0.254 e. The number of carbonyl (C=O) groups excluding carboxylic acids is 2. The number of nitrogens with zero attached hydrogens (tertiary/aromatic N) is 2. The number of hydrogen-bond acceptors (Lipinski definition) is 3. The van der Waals surface area contributed by atoms with E-state index < -0.39 is 0 Å². The van der Waals surface area contributed by atoms with Crippen molar-refractivity contribution in [1.29, 1.82) is 0 Å². The van der Waals surface area contributed by atoms with E-state index in [4.69, 9.17) is 5.73 Å². The summed E-state index contributed by atoms with van der Waals surface area (Å²) < 4.78 is 13.7. The first-order chi connectivity index (χ1) is 12.5. The third kappa shape index (κ3) is 3.75. The summed E-state index contributed by atoms with van der Waals surface area (Å²) in [6, 6.07) is 11.8. The van der Waals surface area contributed by atoms with Crippen LogP contribution in [0.3, 0.4) is 0 Å². The maximum absolute atomic E-state index is 13.7. The third-order valence-electron chi connectivity index (χ3n) is 4.71. The van der Waals surface area contributed by atoms with E-state index in [1.165, 1.54) is 6.07 Å². The summed E-state index contributed by atoms with van der Waals surface area (Å²) in [5, 5.41) is 0. The molecule has 6 heteroatoms. The monoisotopic (exact) mass is 355 g/mol. The van der Waals surface area contributed by atoms with E-state index in [9.17, 15) is 14.0 Å². The fourth-order valence-electron chi connectivity index (χ4n) is 2.99. The minimum absolute atomic E-state index is 0.0537. The highest BCUT2D eigenvalue weighted by molar-refractivity contribution is 5.96. The van der Waals surface area contributed by atoms with Gasteiger partial charge in [-0.15, -0.1) is 0 Å². The summed E-state index contributed by atoms with van der Waals surface area (Å²) in [5.41, 5.74) is 8.01. The lowest BCUT2D eigenvalue weighted by Gasteiger charge is -2.35. The lowest BCUT2D eigenvalue weighted by atomic mass is 10.1. The van der Waals surface area contributed by atoms with Crippen molar-refractivity contribution in [3.63, 3.8) is 0 Å². The Morgan fingerprint density at radius 3 is 1.92 bits per heavy atom. The molecule has 136 valence electrons. The zero-order chi connectivity index (χ0) is 18.7. The second-order valence-electron chi connectivity index (χ2n) is 6.45. The normalized spacial score (nSPS) is 14.4. The van der Waals surface area contributed by atoms with Gasteiger partial charge in [-0.3, -0.25) is 9.59 Å². The van der Waals surface area contributed by atoms with Crippen LogP contribution in [0.4, 0.5) is 4.39 Å². The molecule has 2 aromatic rings. The Balaban J connectivity index is 1.61. The first-order valence-electron chi connectivity index (χ1n) is 8.63. The molecule has 26 heavy (non-hydrogen) atoms. The van der Waals surface area contributed by atoms with Crippen molar-refractivity contribution in [3.05, 3.63) is 70.5 Å². The fourth-order valence-corrected chi connectivity index (χ4v) is 2.99. The van der Waals surface area contributed by atoms with Crippen molar-refractivity contribution in [2.75, 3.05) is 26.2 Å². The van der Waals surface area contributed by atoms with Gasteiger partial charge in [0.05, 0.1) is 0 Å². The van der Waals surface area contributed by atoms with E-state index in [2.05, 4.69) is 0 Å². The van der Waals surface area contributed by atoms with E-state index in [1.807, 2.05) is 12.1 Å². The Morgan fingerprint density at radius 1 is 0.923 bits per heavy atom. The number of hydrogen-bond donors (Lipinski definition) is 1. The Labute approximate surface area is 152 Å². The molecule has 0 aromatic heterocycles. The summed E-state index contributed by atoms with van der Waals surface area (Å²) in [6.07, 6.45) is 0. The van der Waals surface area contributed by atoms with Gasteiger partial charge in [-0.05, 0) is 42.3 Å². The molecule has 0 radical (unpaired) electrons. The molecule has 2 N–H and O–H groups in total. The Bertz CT molecular complexity index is 812. The minimum atomic E-state index is -0.384. The highest BCUT2D eigenvalue weighted by atomic mass is 19.1. The zero-order valence-corrected chi connectivity index (χ0v) is 14.7. The zero-order valence-electron chi connectivity index (χ0n) is 14.7. The smallest absolute Gasteiger partial charge is 0.254 e. The molecule has 0 unspecified atom stereocenters. The molecule has 5 nitrogen and oxygen atoms in total. The molecule has 0 bridgehead atoms. The van der Waals surface area contributed by atoms with E-state index in [-0.39, 0.29) is 17.6 Å². The summed E-state index contributed by atoms with van der Waals surface area (Å²) in [7, 11) is 0. The summed E-state index contributed by atoms with van der Waals surface area (Å²) >= 11 is 0. The van der Waals surface area contributed by atoms with Crippen LogP contribution in [0.2, 0.25) is 0 Å². The van der Waals surface area contributed by atoms with Crippen LogP contribution in [0.1, 0.15) is 31.8 Å². The van der Waals surface area contributed by atoms with Crippen LogP contribution >= 0.6 is 0 Å². The number of rotatable bonds is 3. The molecule has 1 heterocycles. The van der Waals surface area contributed by atoms with Crippen LogP contribution < -0.4 is 5.73 Å². The topological polar surface area (TPSA) is 66.6 Å². The van der Waals surface area contributed by atoms with E-state index in [0.717, 1.165) is 5.56 Å². The lowest BCUT2D eigenvalue weighted by molar-refractivity contribution is 0.0535. The van der Waals surface area contributed by atoms with Gasteiger partial charge in [0.15, 0.2) is 0 Å². The average Bonchev–Trinajstić information content (AvgIpc) is 2.69. The summed E-state index contributed by atoms with van der Waals surface area (Å²) in [4.78, 5) is 28.5. The number of amides is 2. The van der Waals surface area contributed by atoms with Gasteiger partial charge in [-0.2, -0.15) is 0 Å². The highest BCUT2D eigenvalue weighted by Gasteiger charge is 2.25. The van der Waals surface area contributed by atoms with Crippen LogP contribution in [0.5, 0.6) is 0 Å². The molecule has 1 aliphatic rings. The fraction of sp³-hybridized carbons (Fsp3) is 0.300. The van der Waals surface area contributed by atoms with Crippen molar-refractivity contribution in [3.8, 4) is 0 Å². The van der Waals surface area contributed by atoms with Gasteiger partial charge in [0, 0.05) is 43.9 Å². The Kier molecular flexibility index (Phi) is 5.32. The van der Waals surface area contributed by atoms with Crippen LogP contribution in [0, 0.1) is 12.7 Å². The number of benzene rings is 2. The van der Waals surface area contributed by atoms with Crippen molar-refractivity contribution in [1.82, 2.24) is 9.80 Å². The standard InChI is InChI=1S/C20H22FN3O2/c1-14-2-5-17(12-18(14)21)20(26)24-10-8-23(9-11-24)19(25)16-6-3-15(13-22)4-7-16/h2-7,12H,8-11,13,22H2,1H3. The highest BCUT2D eigenvalue weighted by Crippen LogP contribution is 2.15. The predicted octanol–water partition coefficient (Wildman–Crippen LogP) is 2.19. The van der Waals surface area contributed by atoms with Crippen molar-refractivity contribution in [2.45, 2.75) is 13.5 Å². The number of carbonyl (C=O) groups is 2. The molecule has 0 atom stereocenters. The largest absolute Gasteiger partial charge is 0.335 e. The van der Waals surface area contributed by atoms with Gasteiger partial charge in [-0.1, -0.05) is 18.2 Å². The maximum atomic E-state index is 13.7. The predicted molar refractivity (Wildman–Crippen MR) is 97.3 cm³/mol. The molecular formula is C20H22FN3O2. The molecule has 2 amide bonds. The van der Waals surface area contributed by atoms with Crippen LogP contribution in [0.25, 0.3) is 0 Å². The van der Waals surface area contributed by atoms with E-state index in [1.54, 1.807) is 41.0 Å². The Morgan fingerprint density at radius 2 is 1.42 bits per heavy atom. The molecule has 3 rings (SSSR count). The third-order valence-corrected chi connectivity index (χ3v) is 4.71. The molecular weight excluding hydrogens is 333 g/mol. The average molecular weight is 355 g/mol. The number of piperazine rings is 1. The van der Waals surface area contributed by atoms with Crippen LogP contribution in [0.15, 0.2) is 42.5 Å². The van der Waals surface area contributed by atoms with Crippen molar-refractivity contribution < 1.29 is 14.0 Å². The molecule has 0 spiro atoms. The molecule has 0 aliphatic carbocycles. The van der Waals surface area contributed by atoms with Crippen molar-refractivity contribution >= 4 is 11.8 Å². The van der Waals surface area contributed by atoms with Gasteiger partial charge >= 0.3 is 0 Å². The summed E-state index contributed by atoms with van der Waals surface area (Å²) in [5.74, 6) is -0.643. The van der Waals surface area contributed by atoms with Crippen molar-refractivity contribution in [2.24, 2.45) is 5.73 Å². The number of nitrogens with two attached hydrogens (primary N) is 1. The Hall–Kier alpha value is -2.73. The molecule has 0 saturated carbocycles. The first-order valence-corrected chi connectivity index (χ1v) is 8.63. The lowest BCUT2D eigenvalue weighted by Crippen LogP contribution is -2.50. The van der Waals surface area contributed by atoms with Gasteiger partial charge in [0.25, 0.3) is 11.8 Å². The van der Waals surface area contributed by atoms with Crippen LogP contribution in [-0.2, 0) is 6.54 Å². The van der Waals surface area contributed by atoms with Gasteiger partial charge in [0.1, 0.15) is 5.82 Å². The van der Waals surface area contributed by atoms with Gasteiger partial charge in [0.2, 0.25) is 0 Å². The number of halogens is 1. The minimum Gasteiger partial charge on any atom is -0.335 e. The number of aryl methyl sites for hydroxylation is 1. The molecule has 2 aromatic carbocycles. The van der Waals surface area contributed by atoms with E-state index >= 15 is 0 Å². The first kappa shape index (κ1) is 18.1. The second kappa shape index (κ2) is 7.66. The SMILES string of the molecule is Cc1ccc(C(=O)N2CCN(C(=O)c3ccc(CN)cc3)CC2)cc1F. The molecule has 1 aliphatic heterocycles. The molecule has 1 fully saturated rings. The second-order valence-corrected chi connectivity index (χ2v) is 6.45.